The van der Waals surface area contributed by atoms with Crippen LogP contribution in [0.5, 0.6) is 11.5 Å². The molecule has 1 unspecified atom stereocenters. The molecule has 2 saturated heterocycles. The summed E-state index contributed by atoms with van der Waals surface area (Å²) in [6.07, 6.45) is 1.12. The lowest BCUT2D eigenvalue weighted by Crippen LogP contribution is -2.64. The quantitative estimate of drug-likeness (QED) is 0.843. The summed E-state index contributed by atoms with van der Waals surface area (Å²) >= 11 is 0. The first-order valence-electron chi connectivity index (χ1n) is 7.53. The van der Waals surface area contributed by atoms with Crippen molar-refractivity contribution in [2.24, 2.45) is 5.92 Å². The Morgan fingerprint density at radius 3 is 3.00 bits per heavy atom. The van der Waals surface area contributed by atoms with Gasteiger partial charge in [0.25, 0.3) is 0 Å². The van der Waals surface area contributed by atoms with Crippen molar-refractivity contribution in [1.82, 2.24) is 4.90 Å². The first-order valence-corrected chi connectivity index (χ1v) is 7.53. The number of ether oxygens (including phenoxy) is 4. The van der Waals surface area contributed by atoms with Crippen LogP contribution >= 0.6 is 0 Å². The number of hydrogen-bond acceptors (Lipinski definition) is 5. The molecule has 0 bridgehead atoms. The molecule has 5 heteroatoms. The van der Waals surface area contributed by atoms with E-state index in [1.54, 1.807) is 7.11 Å². The highest BCUT2D eigenvalue weighted by molar-refractivity contribution is 5.44. The average Bonchev–Trinajstić information content (AvgIpc) is 3.05. The molecular weight excluding hydrogens is 270 g/mol. The summed E-state index contributed by atoms with van der Waals surface area (Å²) in [5.74, 6) is 2.24. The molecular formula is C16H21NO4. The Kier molecular flexibility index (Phi) is 3.28. The van der Waals surface area contributed by atoms with Gasteiger partial charge in [-0.1, -0.05) is 6.07 Å². The van der Waals surface area contributed by atoms with Gasteiger partial charge in [-0.05, 0) is 24.1 Å². The summed E-state index contributed by atoms with van der Waals surface area (Å²) < 4.78 is 22.1. The summed E-state index contributed by atoms with van der Waals surface area (Å²) in [6.45, 7) is 4.92. The number of nitrogens with zero attached hydrogens (tertiary/aromatic N) is 1. The summed E-state index contributed by atoms with van der Waals surface area (Å²) in [5, 5.41) is 0. The fourth-order valence-corrected chi connectivity index (χ4v) is 3.69. The summed E-state index contributed by atoms with van der Waals surface area (Å²) in [6, 6.07) is 6.18. The van der Waals surface area contributed by atoms with Gasteiger partial charge < -0.3 is 18.9 Å². The van der Waals surface area contributed by atoms with Gasteiger partial charge in [-0.15, -0.1) is 0 Å². The van der Waals surface area contributed by atoms with Crippen LogP contribution < -0.4 is 9.47 Å². The normalized spacial score (nSPS) is 26.2. The van der Waals surface area contributed by atoms with E-state index in [1.165, 1.54) is 5.56 Å². The SMILES string of the molecule is COCC1CCOC12CN(Cc1ccc3c(c1)OCO3)C2. The summed E-state index contributed by atoms with van der Waals surface area (Å²) in [7, 11) is 1.77. The predicted octanol–water partition coefficient (Wildman–Crippen LogP) is 1.65. The standard InChI is InChI=1S/C16H21NO4/c1-18-8-13-4-5-21-16(13)9-17(10-16)7-12-2-3-14-15(6-12)20-11-19-14/h2-3,6,13H,4-5,7-11H2,1H3. The van der Waals surface area contributed by atoms with Gasteiger partial charge in [-0.3, -0.25) is 4.90 Å². The van der Waals surface area contributed by atoms with Crippen LogP contribution in [-0.2, 0) is 16.0 Å². The van der Waals surface area contributed by atoms with Crippen LogP contribution in [0.15, 0.2) is 18.2 Å². The van der Waals surface area contributed by atoms with E-state index in [1.807, 2.05) is 6.07 Å². The van der Waals surface area contributed by atoms with Crippen molar-refractivity contribution in [2.75, 3.05) is 40.2 Å². The van der Waals surface area contributed by atoms with Crippen molar-refractivity contribution in [3.8, 4) is 11.5 Å². The van der Waals surface area contributed by atoms with Crippen molar-refractivity contribution in [3.63, 3.8) is 0 Å². The molecule has 5 nitrogen and oxygen atoms in total. The van der Waals surface area contributed by atoms with Gasteiger partial charge in [0, 0.05) is 39.3 Å². The lowest BCUT2D eigenvalue weighted by molar-refractivity contribution is -0.143. The van der Waals surface area contributed by atoms with E-state index >= 15 is 0 Å². The highest BCUT2D eigenvalue weighted by Crippen LogP contribution is 2.41. The Morgan fingerprint density at radius 1 is 1.29 bits per heavy atom. The van der Waals surface area contributed by atoms with Crippen molar-refractivity contribution in [2.45, 2.75) is 18.6 Å². The van der Waals surface area contributed by atoms with Crippen molar-refractivity contribution in [3.05, 3.63) is 23.8 Å². The molecule has 1 aromatic carbocycles. The number of likely N-dealkylation sites (tertiary alicyclic amines) is 1. The van der Waals surface area contributed by atoms with E-state index in [-0.39, 0.29) is 5.60 Å². The van der Waals surface area contributed by atoms with E-state index in [4.69, 9.17) is 18.9 Å². The topological polar surface area (TPSA) is 40.2 Å². The van der Waals surface area contributed by atoms with Crippen LogP contribution in [0.4, 0.5) is 0 Å². The zero-order valence-corrected chi connectivity index (χ0v) is 12.3. The van der Waals surface area contributed by atoms with Gasteiger partial charge >= 0.3 is 0 Å². The molecule has 2 fully saturated rings. The van der Waals surface area contributed by atoms with Crippen LogP contribution in [0.2, 0.25) is 0 Å². The van der Waals surface area contributed by atoms with Crippen LogP contribution in [0.3, 0.4) is 0 Å². The third-order valence-electron chi connectivity index (χ3n) is 4.79. The Hall–Kier alpha value is -1.30. The van der Waals surface area contributed by atoms with Gasteiger partial charge in [-0.2, -0.15) is 0 Å². The highest BCUT2D eigenvalue weighted by Gasteiger charge is 2.52. The maximum atomic E-state index is 6.02. The van der Waals surface area contributed by atoms with Crippen molar-refractivity contribution >= 4 is 0 Å². The maximum Gasteiger partial charge on any atom is 0.231 e. The molecule has 0 saturated carbocycles. The molecule has 0 amide bonds. The molecule has 0 aromatic heterocycles. The second kappa shape index (κ2) is 5.16. The molecule has 21 heavy (non-hydrogen) atoms. The van der Waals surface area contributed by atoms with E-state index in [9.17, 15) is 0 Å². The van der Waals surface area contributed by atoms with Crippen molar-refractivity contribution in [1.29, 1.82) is 0 Å². The van der Waals surface area contributed by atoms with Gasteiger partial charge in [0.2, 0.25) is 6.79 Å². The maximum absolute atomic E-state index is 6.02. The van der Waals surface area contributed by atoms with Crippen LogP contribution in [0.25, 0.3) is 0 Å². The van der Waals surface area contributed by atoms with Crippen LogP contribution in [0, 0.1) is 5.92 Å². The Morgan fingerprint density at radius 2 is 2.14 bits per heavy atom. The minimum absolute atomic E-state index is 0.0341. The number of rotatable bonds is 4. The zero-order valence-electron chi connectivity index (χ0n) is 12.3. The minimum Gasteiger partial charge on any atom is -0.454 e. The molecule has 0 aliphatic carbocycles. The fraction of sp³-hybridized carbons (Fsp3) is 0.625. The summed E-state index contributed by atoms with van der Waals surface area (Å²) in [5.41, 5.74) is 1.29. The molecule has 1 atom stereocenters. The minimum atomic E-state index is 0.0341. The average molecular weight is 291 g/mol. The third-order valence-corrected chi connectivity index (χ3v) is 4.79. The second-order valence-corrected chi connectivity index (χ2v) is 6.19. The third kappa shape index (κ3) is 2.29. The fourth-order valence-electron chi connectivity index (χ4n) is 3.69. The molecule has 4 rings (SSSR count). The smallest absolute Gasteiger partial charge is 0.231 e. The summed E-state index contributed by atoms with van der Waals surface area (Å²) in [4.78, 5) is 2.42. The molecule has 114 valence electrons. The molecule has 1 aromatic rings. The van der Waals surface area contributed by atoms with E-state index < -0.39 is 0 Å². The molecule has 0 radical (unpaired) electrons. The lowest BCUT2D eigenvalue weighted by Gasteiger charge is -2.50. The molecule has 1 spiro atoms. The zero-order chi connectivity index (χ0) is 14.3. The van der Waals surface area contributed by atoms with Gasteiger partial charge in [0.1, 0.15) is 0 Å². The predicted molar refractivity (Wildman–Crippen MR) is 76.5 cm³/mol. The highest BCUT2D eigenvalue weighted by atomic mass is 16.7. The van der Waals surface area contributed by atoms with Crippen molar-refractivity contribution < 1.29 is 18.9 Å². The Labute approximate surface area is 124 Å². The number of benzene rings is 1. The molecule has 3 aliphatic heterocycles. The van der Waals surface area contributed by atoms with Crippen LogP contribution in [0.1, 0.15) is 12.0 Å². The molecule has 3 heterocycles. The first-order chi connectivity index (χ1) is 10.3. The van der Waals surface area contributed by atoms with Gasteiger partial charge in [0.05, 0.1) is 12.2 Å². The molecule has 3 aliphatic rings. The van der Waals surface area contributed by atoms with Gasteiger partial charge in [0.15, 0.2) is 11.5 Å². The Bertz CT molecular complexity index is 527. The van der Waals surface area contributed by atoms with Gasteiger partial charge in [-0.25, -0.2) is 0 Å². The second-order valence-electron chi connectivity index (χ2n) is 6.19. The number of fused-ring (bicyclic) bond motifs is 1. The van der Waals surface area contributed by atoms with Crippen LogP contribution in [-0.4, -0.2) is 50.7 Å². The van der Waals surface area contributed by atoms with E-state index in [2.05, 4.69) is 17.0 Å². The number of methoxy groups -OCH3 is 1. The number of hydrogen-bond donors (Lipinski definition) is 0. The lowest BCUT2D eigenvalue weighted by atomic mass is 9.81. The van der Waals surface area contributed by atoms with E-state index in [0.29, 0.717) is 12.7 Å². The largest absolute Gasteiger partial charge is 0.454 e. The molecule has 0 N–H and O–H groups in total. The van der Waals surface area contributed by atoms with E-state index in [0.717, 1.165) is 50.8 Å². The first kappa shape index (κ1) is 13.4. The monoisotopic (exact) mass is 291 g/mol. The Balaban J connectivity index is 1.38.